The van der Waals surface area contributed by atoms with Gasteiger partial charge in [0.25, 0.3) is 5.91 Å². The maximum Gasteiger partial charge on any atom is 0.257 e. The molecule has 0 bridgehead atoms. The SMILES string of the molecule is O=C(c1cnn(-c2ccccc2)c1)N1CCC(Cl)C1. The molecule has 1 saturated heterocycles. The number of amides is 1. The third-order valence-electron chi connectivity index (χ3n) is 3.27. The van der Waals surface area contributed by atoms with Crippen LogP contribution in [0.3, 0.4) is 0 Å². The van der Waals surface area contributed by atoms with Crippen LogP contribution in [0, 0.1) is 0 Å². The summed E-state index contributed by atoms with van der Waals surface area (Å²) in [5, 5.41) is 4.31. The summed E-state index contributed by atoms with van der Waals surface area (Å²) in [4.78, 5) is 14.0. The van der Waals surface area contributed by atoms with Gasteiger partial charge in [0.15, 0.2) is 0 Å². The Balaban J connectivity index is 1.80. The molecular weight excluding hydrogens is 262 g/mol. The Bertz CT molecular complexity index is 581. The Labute approximate surface area is 116 Å². The predicted octanol–water partition coefficient (Wildman–Crippen LogP) is 2.33. The fraction of sp³-hybridized carbons (Fsp3) is 0.286. The summed E-state index contributed by atoms with van der Waals surface area (Å²) >= 11 is 6.02. The molecule has 2 heterocycles. The Morgan fingerprint density at radius 1 is 1.32 bits per heavy atom. The highest BCUT2D eigenvalue weighted by molar-refractivity contribution is 6.21. The quantitative estimate of drug-likeness (QED) is 0.789. The summed E-state index contributed by atoms with van der Waals surface area (Å²) in [6.45, 7) is 1.35. The lowest BCUT2D eigenvalue weighted by Gasteiger charge is -2.13. The number of nitrogens with zero attached hydrogens (tertiary/aromatic N) is 3. The number of halogens is 1. The summed E-state index contributed by atoms with van der Waals surface area (Å²) in [6.07, 6.45) is 4.23. The standard InChI is InChI=1S/C14H14ClN3O/c15-12-6-7-17(10-12)14(19)11-8-16-18(9-11)13-4-2-1-3-5-13/h1-5,8-9,12H,6-7,10H2. The summed E-state index contributed by atoms with van der Waals surface area (Å²) in [7, 11) is 0. The Hall–Kier alpha value is -1.81. The van der Waals surface area contributed by atoms with Gasteiger partial charge in [0.1, 0.15) is 0 Å². The monoisotopic (exact) mass is 275 g/mol. The van der Waals surface area contributed by atoms with Gasteiger partial charge in [0.05, 0.1) is 22.8 Å². The maximum absolute atomic E-state index is 12.3. The number of para-hydroxylation sites is 1. The highest BCUT2D eigenvalue weighted by Crippen LogP contribution is 2.18. The van der Waals surface area contributed by atoms with E-state index in [0.29, 0.717) is 12.1 Å². The Morgan fingerprint density at radius 2 is 2.11 bits per heavy atom. The van der Waals surface area contributed by atoms with Crippen molar-refractivity contribution in [1.82, 2.24) is 14.7 Å². The smallest absolute Gasteiger partial charge is 0.257 e. The normalized spacial score (nSPS) is 18.8. The predicted molar refractivity (Wildman–Crippen MR) is 73.7 cm³/mol. The largest absolute Gasteiger partial charge is 0.337 e. The first-order chi connectivity index (χ1) is 9.24. The minimum absolute atomic E-state index is 0.00494. The van der Waals surface area contributed by atoms with Crippen molar-refractivity contribution in [3.63, 3.8) is 0 Å². The van der Waals surface area contributed by atoms with E-state index < -0.39 is 0 Å². The molecule has 1 aromatic carbocycles. The Kier molecular flexibility index (Phi) is 3.25. The number of rotatable bonds is 2. The molecule has 4 nitrogen and oxygen atoms in total. The van der Waals surface area contributed by atoms with Crippen LogP contribution in [0.1, 0.15) is 16.8 Å². The van der Waals surface area contributed by atoms with Crippen LogP contribution >= 0.6 is 11.6 Å². The Morgan fingerprint density at radius 3 is 2.79 bits per heavy atom. The molecule has 1 aliphatic heterocycles. The minimum Gasteiger partial charge on any atom is -0.337 e. The van der Waals surface area contributed by atoms with E-state index in [1.807, 2.05) is 30.3 Å². The molecular formula is C14H14ClN3O. The molecule has 0 saturated carbocycles. The third kappa shape index (κ3) is 2.49. The van der Waals surface area contributed by atoms with E-state index in [-0.39, 0.29) is 11.3 Å². The number of benzene rings is 1. The first-order valence-electron chi connectivity index (χ1n) is 6.27. The number of aromatic nitrogens is 2. The van der Waals surface area contributed by atoms with Gasteiger partial charge < -0.3 is 4.90 Å². The molecule has 1 aromatic heterocycles. The maximum atomic E-state index is 12.3. The number of hydrogen-bond donors (Lipinski definition) is 0. The first-order valence-corrected chi connectivity index (χ1v) is 6.71. The molecule has 1 aliphatic rings. The highest BCUT2D eigenvalue weighted by Gasteiger charge is 2.26. The van der Waals surface area contributed by atoms with Gasteiger partial charge in [-0.1, -0.05) is 18.2 Å². The lowest BCUT2D eigenvalue weighted by atomic mass is 10.3. The van der Waals surface area contributed by atoms with Crippen LogP contribution in [0.25, 0.3) is 5.69 Å². The van der Waals surface area contributed by atoms with Crippen molar-refractivity contribution >= 4 is 17.5 Å². The fourth-order valence-electron chi connectivity index (χ4n) is 2.24. The molecule has 0 aliphatic carbocycles. The molecule has 19 heavy (non-hydrogen) atoms. The van der Waals surface area contributed by atoms with Crippen molar-refractivity contribution < 1.29 is 4.79 Å². The van der Waals surface area contributed by atoms with Crippen molar-refractivity contribution in [3.05, 3.63) is 48.3 Å². The van der Waals surface area contributed by atoms with Crippen LogP contribution < -0.4 is 0 Å². The highest BCUT2D eigenvalue weighted by atomic mass is 35.5. The molecule has 0 spiro atoms. The molecule has 3 rings (SSSR count). The van der Waals surface area contributed by atoms with Gasteiger partial charge in [-0.05, 0) is 18.6 Å². The molecule has 2 aromatic rings. The van der Waals surface area contributed by atoms with Gasteiger partial charge in [-0.2, -0.15) is 5.10 Å². The topological polar surface area (TPSA) is 38.1 Å². The van der Waals surface area contributed by atoms with Gasteiger partial charge in [0.2, 0.25) is 0 Å². The van der Waals surface area contributed by atoms with Crippen LogP contribution in [-0.4, -0.2) is 39.1 Å². The number of alkyl halides is 1. The molecule has 1 amide bonds. The average molecular weight is 276 g/mol. The van der Waals surface area contributed by atoms with E-state index in [2.05, 4.69) is 5.10 Å². The van der Waals surface area contributed by atoms with Crippen molar-refractivity contribution in [2.75, 3.05) is 13.1 Å². The van der Waals surface area contributed by atoms with E-state index >= 15 is 0 Å². The van der Waals surface area contributed by atoms with Crippen LogP contribution in [0.15, 0.2) is 42.7 Å². The van der Waals surface area contributed by atoms with E-state index in [4.69, 9.17) is 11.6 Å². The summed E-state index contributed by atoms with van der Waals surface area (Å²) in [6, 6.07) is 9.73. The second kappa shape index (κ2) is 5.05. The number of hydrogen-bond acceptors (Lipinski definition) is 2. The molecule has 1 atom stereocenters. The molecule has 5 heteroatoms. The van der Waals surface area contributed by atoms with Crippen LogP contribution in [0.2, 0.25) is 0 Å². The van der Waals surface area contributed by atoms with E-state index in [1.165, 1.54) is 0 Å². The number of likely N-dealkylation sites (tertiary alicyclic amines) is 1. The fourth-order valence-corrected chi connectivity index (χ4v) is 2.50. The van der Waals surface area contributed by atoms with Crippen molar-refractivity contribution in [3.8, 4) is 5.69 Å². The second-order valence-electron chi connectivity index (χ2n) is 4.65. The van der Waals surface area contributed by atoms with Crippen LogP contribution in [0.5, 0.6) is 0 Å². The van der Waals surface area contributed by atoms with Gasteiger partial charge in [-0.25, -0.2) is 4.68 Å². The summed E-state index contributed by atoms with van der Waals surface area (Å²) < 4.78 is 1.71. The lowest BCUT2D eigenvalue weighted by Crippen LogP contribution is -2.28. The molecule has 1 unspecified atom stereocenters. The third-order valence-corrected chi connectivity index (χ3v) is 3.62. The molecule has 1 fully saturated rings. The van der Waals surface area contributed by atoms with Gasteiger partial charge >= 0.3 is 0 Å². The zero-order valence-corrected chi connectivity index (χ0v) is 11.1. The van der Waals surface area contributed by atoms with Crippen molar-refractivity contribution in [1.29, 1.82) is 0 Å². The van der Waals surface area contributed by atoms with Crippen molar-refractivity contribution in [2.45, 2.75) is 11.8 Å². The van der Waals surface area contributed by atoms with Crippen molar-refractivity contribution in [2.24, 2.45) is 0 Å². The van der Waals surface area contributed by atoms with E-state index in [0.717, 1.165) is 18.7 Å². The summed E-state index contributed by atoms with van der Waals surface area (Å²) in [5.41, 5.74) is 1.55. The molecule has 98 valence electrons. The summed E-state index contributed by atoms with van der Waals surface area (Å²) in [5.74, 6) is 0.00494. The minimum atomic E-state index is 0.00494. The zero-order valence-electron chi connectivity index (χ0n) is 10.4. The van der Waals surface area contributed by atoms with Crippen LogP contribution in [-0.2, 0) is 0 Å². The van der Waals surface area contributed by atoms with Crippen LogP contribution in [0.4, 0.5) is 0 Å². The van der Waals surface area contributed by atoms with Gasteiger partial charge in [-0.3, -0.25) is 4.79 Å². The van der Waals surface area contributed by atoms with Gasteiger partial charge in [0, 0.05) is 19.3 Å². The number of carbonyl (C=O) groups is 1. The number of carbonyl (C=O) groups excluding carboxylic acids is 1. The van der Waals surface area contributed by atoms with E-state index in [1.54, 1.807) is 22.0 Å². The average Bonchev–Trinajstić information content (AvgIpc) is 3.08. The van der Waals surface area contributed by atoms with Gasteiger partial charge in [-0.15, -0.1) is 11.6 Å². The zero-order chi connectivity index (χ0) is 13.2. The molecule has 0 N–H and O–H groups in total. The lowest BCUT2D eigenvalue weighted by molar-refractivity contribution is 0.0793. The van der Waals surface area contributed by atoms with E-state index in [9.17, 15) is 4.79 Å². The second-order valence-corrected chi connectivity index (χ2v) is 5.26. The molecule has 0 radical (unpaired) electrons. The first kappa shape index (κ1) is 12.2.